The van der Waals surface area contributed by atoms with Gasteiger partial charge < -0.3 is 87.9 Å². The Kier molecular flexibility index (Phi) is 29.8. The normalized spacial score (nSPS) is 10.7. The summed E-state index contributed by atoms with van der Waals surface area (Å²) in [6.07, 6.45) is 0. The molecule has 0 bridgehead atoms. The van der Waals surface area contributed by atoms with Gasteiger partial charge in [0.25, 0.3) is 11.6 Å². The molecule has 25 rings (SSSR count). The minimum absolute atomic E-state index is 0.0201. The fourth-order valence-corrected chi connectivity index (χ4v) is 15.7. The summed E-state index contributed by atoms with van der Waals surface area (Å²) in [6, 6.07) is 116. The van der Waals surface area contributed by atoms with Gasteiger partial charge in [-0.15, -0.1) is 30.6 Å². The summed E-state index contributed by atoms with van der Waals surface area (Å²) < 4.78 is 29.5. The molecular formula is C108H91Cl2N23O8. The Balaban J connectivity index is 0.000000113. The van der Waals surface area contributed by atoms with E-state index in [-0.39, 0.29) is 36.4 Å². The second-order valence-corrected chi connectivity index (χ2v) is 32.4. The van der Waals surface area contributed by atoms with Crippen molar-refractivity contribution in [1.82, 2.24) is 65.1 Å². The minimum atomic E-state index is -0.456. The summed E-state index contributed by atoms with van der Waals surface area (Å²) >= 11 is 11.6. The molecule has 7 aromatic heterocycles. The lowest BCUT2D eigenvalue weighted by atomic mass is 9.94. The zero-order chi connectivity index (χ0) is 98.6. The molecule has 7 heterocycles. The third-order valence-corrected chi connectivity index (χ3v) is 22.8. The van der Waals surface area contributed by atoms with Crippen molar-refractivity contribution in [1.29, 1.82) is 0 Å². The SMILES string of the molecule is CCn1c2ccccc2c2cc(N)ccc21.Cc1nnc(-c2ccc([N+](=O)[O-])cc2)o1.Cn1c(N)nc2ccccc21.Nc1ccc2cc3ccccc3cc2c1.Nc1ccc2ccc3cccc4ccc1c2c34.Nc1cccc2cc3ccccc3cc12.Nc1nnc(-c2ccc(CO)cc2)o1.Nc1nnc(-c2ccc(Cl)cc2)o1.Nc1nnc(-c2ccccc2)o1.Nc1nnc(-c2ccccc2Cl)o1. The topological polar surface area (TPSA) is 515 Å². The number of nitro groups is 1. The van der Waals surface area contributed by atoms with Crippen molar-refractivity contribution < 1.29 is 32.1 Å². The maximum atomic E-state index is 10.4. The molecule has 0 amide bonds. The summed E-state index contributed by atoms with van der Waals surface area (Å²) in [4.78, 5) is 14.1. The lowest BCUT2D eigenvalue weighted by molar-refractivity contribution is -0.384. The molecule has 141 heavy (non-hydrogen) atoms. The molecular weight excluding hydrogens is 1820 g/mol. The standard InChI is InChI=1S/C16H11N.C14H14N2.2C14H11N.C9H7N3O3.C9H9N3O2.2C8H6ClN3O.C8H7N3O.C8H9N3/c17-14-9-7-12-5-4-10-2-1-3-11-6-8-13(14)16(12)15(10)11;1-2-16-13-6-4-3-5-11(13)12-9-10(15)7-8-14(12)16;15-14-7-3-6-12-8-10-4-1-2-5-11(10)9-13(12)14;15-14-6-5-12-7-10-3-1-2-4-11(10)8-13(12)9-14;1-6-10-11-9(15-6)7-2-4-8(5-3-7)12(13)14;10-9-12-11-8(14-9)7-3-1-6(5-13)2-4-7;9-6-3-1-5(2-4-6)7-11-12-8(10)13-7;9-6-4-2-1-3-5(6)7-11-12-8(10)13-7;9-8-11-10-7(12-8)6-4-2-1-3-5-6;1-11-7-5-3-2-4-6(7)10-8(11)9/h1-9H,17H2;3-9H,2,15H2,1H3;2*1-9H,15H2;2-5H,1H3;1-4,13H,5H2,(H2,10,12);2*1-4H,(H2,10,12);1-5H,(H2,9,11);2-5H,1H3,(H2,9,10). The fourth-order valence-electron chi connectivity index (χ4n) is 15.4. The number of hydrogen-bond donors (Lipinski definition) is 10. The molecule has 0 atom stereocenters. The first-order valence-corrected chi connectivity index (χ1v) is 44.6. The van der Waals surface area contributed by atoms with E-state index in [1.165, 1.54) is 98.6 Å². The molecule has 19 N–H and O–H groups in total. The first-order valence-electron chi connectivity index (χ1n) is 43.8. The van der Waals surface area contributed by atoms with E-state index >= 15 is 0 Å². The van der Waals surface area contributed by atoms with Crippen LogP contribution in [-0.2, 0) is 20.2 Å². The first-order chi connectivity index (χ1) is 68.5. The van der Waals surface area contributed by atoms with E-state index in [0.29, 0.717) is 62.5 Å². The molecule has 25 aromatic rings. The van der Waals surface area contributed by atoms with E-state index in [4.69, 9.17) is 102 Å². The number of hydrogen-bond acceptors (Lipinski definition) is 28. The Hall–Kier alpha value is -18.9. The van der Waals surface area contributed by atoms with Crippen molar-refractivity contribution in [2.45, 2.75) is 27.0 Å². The van der Waals surface area contributed by atoms with Gasteiger partial charge >= 0.3 is 24.1 Å². The lowest BCUT2D eigenvalue weighted by Crippen LogP contribution is -1.95. The zero-order valence-electron chi connectivity index (χ0n) is 76.0. The molecule has 0 saturated carbocycles. The third-order valence-electron chi connectivity index (χ3n) is 22.2. The van der Waals surface area contributed by atoms with Gasteiger partial charge in [-0.3, -0.25) is 10.1 Å². The number of benzene rings is 18. The third kappa shape index (κ3) is 23.2. The van der Waals surface area contributed by atoms with Gasteiger partial charge in [-0.25, -0.2) is 4.98 Å². The van der Waals surface area contributed by atoms with Gasteiger partial charge in [0.15, 0.2) is 0 Å². The van der Waals surface area contributed by atoms with Crippen LogP contribution in [0.1, 0.15) is 18.4 Å². The largest absolute Gasteiger partial charge is 0.421 e. The van der Waals surface area contributed by atoms with E-state index in [2.05, 4.69) is 231 Å². The van der Waals surface area contributed by atoms with Crippen molar-refractivity contribution in [3.8, 4) is 57.3 Å². The van der Waals surface area contributed by atoms with E-state index in [9.17, 15) is 10.1 Å². The van der Waals surface area contributed by atoms with Gasteiger partial charge in [-0.2, -0.15) is 0 Å². The number of nitrogens with zero attached hydrogens (tertiary/aromatic N) is 14. The number of nitrogen functional groups attached to an aromatic ring is 9. The second kappa shape index (κ2) is 44.1. The average molecular weight is 1910 g/mol. The van der Waals surface area contributed by atoms with Crippen LogP contribution in [0.5, 0.6) is 0 Å². The van der Waals surface area contributed by atoms with Gasteiger partial charge in [0.1, 0.15) is 0 Å². The zero-order valence-corrected chi connectivity index (χ0v) is 77.5. The molecule has 0 aliphatic heterocycles. The lowest BCUT2D eigenvalue weighted by Gasteiger charge is -2.11. The van der Waals surface area contributed by atoms with Crippen molar-refractivity contribution in [2.24, 2.45) is 7.05 Å². The summed E-state index contributed by atoms with van der Waals surface area (Å²) in [5.41, 5.74) is 63.0. The highest BCUT2D eigenvalue weighted by Gasteiger charge is 2.16. The predicted octanol–water partition coefficient (Wildman–Crippen LogP) is 23.9. The average Bonchev–Trinajstić information content (AvgIpc) is 1.19. The van der Waals surface area contributed by atoms with Crippen LogP contribution in [0.3, 0.4) is 0 Å². The number of aliphatic hydroxyl groups is 1. The van der Waals surface area contributed by atoms with Gasteiger partial charge in [0, 0.05) is 115 Å². The molecule has 0 saturated heterocycles. The number of non-ortho nitro benzene ring substituents is 1. The van der Waals surface area contributed by atoms with Crippen LogP contribution in [0.2, 0.25) is 10.0 Å². The number of fused-ring (bicyclic) bond motifs is 8. The van der Waals surface area contributed by atoms with Gasteiger partial charge in [0.05, 0.1) is 33.1 Å². The van der Waals surface area contributed by atoms with Crippen LogP contribution in [0.15, 0.2) is 380 Å². The van der Waals surface area contributed by atoms with Crippen LogP contribution in [0, 0.1) is 17.0 Å². The van der Waals surface area contributed by atoms with E-state index in [1.54, 1.807) is 79.7 Å². The minimum Gasteiger partial charge on any atom is -0.421 e. The maximum absolute atomic E-state index is 10.4. The number of nitro benzene ring substituents is 1. The van der Waals surface area contributed by atoms with Crippen LogP contribution < -0.4 is 51.6 Å². The van der Waals surface area contributed by atoms with Crippen molar-refractivity contribution in [3.05, 3.63) is 390 Å². The molecule has 0 aliphatic carbocycles. The highest BCUT2D eigenvalue weighted by Crippen LogP contribution is 2.38. The van der Waals surface area contributed by atoms with Crippen LogP contribution >= 0.6 is 23.2 Å². The molecule has 0 aliphatic rings. The van der Waals surface area contributed by atoms with Crippen molar-refractivity contribution in [3.63, 3.8) is 0 Å². The predicted molar refractivity (Wildman–Crippen MR) is 565 cm³/mol. The number of halogens is 2. The first kappa shape index (κ1) is 95.3. The van der Waals surface area contributed by atoms with E-state index in [1.807, 2.05) is 121 Å². The Morgan fingerprint density at radius 1 is 0.348 bits per heavy atom. The Morgan fingerprint density at radius 3 is 1.35 bits per heavy atom. The van der Waals surface area contributed by atoms with Crippen LogP contribution in [-0.4, -0.2) is 75.1 Å². The summed E-state index contributed by atoms with van der Waals surface area (Å²) in [5.74, 6) is 2.95. The van der Waals surface area contributed by atoms with Gasteiger partial charge in [-0.05, 0) is 235 Å². The molecule has 0 radical (unpaired) electrons. The van der Waals surface area contributed by atoms with E-state index in [0.717, 1.165) is 73.4 Å². The van der Waals surface area contributed by atoms with Crippen LogP contribution in [0.4, 0.5) is 58.4 Å². The highest BCUT2D eigenvalue weighted by molar-refractivity contribution is 6.33. The van der Waals surface area contributed by atoms with Gasteiger partial charge in [0.2, 0.25) is 35.4 Å². The number of nitrogens with two attached hydrogens (primary N) is 9. The second-order valence-electron chi connectivity index (χ2n) is 31.6. The molecule has 31 nitrogen and oxygen atoms in total. The van der Waals surface area contributed by atoms with Crippen LogP contribution in [0.25, 0.3) is 166 Å². The number of rotatable bonds is 8. The van der Waals surface area contributed by atoms with Crippen molar-refractivity contribution in [2.75, 3.05) is 51.6 Å². The molecule has 33 heteroatoms. The number of aromatic nitrogens is 13. The summed E-state index contributed by atoms with van der Waals surface area (Å²) in [6.45, 7) is 4.85. The van der Waals surface area contributed by atoms with Crippen molar-refractivity contribution >= 4 is 190 Å². The number of imidazole rings is 1. The maximum Gasteiger partial charge on any atom is 0.313 e. The highest BCUT2D eigenvalue weighted by atomic mass is 35.5. The summed E-state index contributed by atoms with van der Waals surface area (Å²) in [5, 5.41) is 77.0. The molecule has 0 unspecified atom stereocenters. The quantitative estimate of drug-likeness (QED) is 0.0222. The fraction of sp³-hybridized carbons (Fsp3) is 0.0463. The number of anilines is 9. The molecule has 0 fully saturated rings. The molecule has 0 spiro atoms. The van der Waals surface area contributed by atoms with Gasteiger partial charge in [-0.1, -0.05) is 232 Å². The Morgan fingerprint density at radius 2 is 0.780 bits per heavy atom. The molecule has 18 aromatic carbocycles. The number of aliphatic hydroxyl groups excluding tert-OH is 1. The smallest absolute Gasteiger partial charge is 0.313 e. The number of aryl methyl sites for hydroxylation is 3. The Labute approximate surface area is 814 Å². The Bertz CT molecular complexity index is 8560. The molecule has 700 valence electrons. The number of para-hydroxylation sites is 3. The monoisotopic (exact) mass is 1910 g/mol. The summed E-state index contributed by atoms with van der Waals surface area (Å²) in [7, 11) is 1.91. The van der Waals surface area contributed by atoms with E-state index < -0.39 is 4.92 Å².